The van der Waals surface area contributed by atoms with Gasteiger partial charge in [0, 0.05) is 35.9 Å². The van der Waals surface area contributed by atoms with E-state index in [0.717, 1.165) is 29.5 Å². The third-order valence-corrected chi connectivity index (χ3v) is 4.07. The molecular weight excluding hydrogens is 304 g/mol. The summed E-state index contributed by atoms with van der Waals surface area (Å²) in [4.78, 5) is 17.5. The maximum atomic E-state index is 12.3. The number of carbonyl (C=O) groups excluding carboxylic acids is 1. The monoisotopic (exact) mass is 318 g/mol. The van der Waals surface area contributed by atoms with Crippen LogP contribution in [0, 0.1) is 0 Å². The second-order valence-corrected chi connectivity index (χ2v) is 5.77. The van der Waals surface area contributed by atoms with Crippen LogP contribution in [-0.2, 0) is 24.2 Å². The summed E-state index contributed by atoms with van der Waals surface area (Å²) in [6.45, 7) is 1.54. The molecule has 1 aromatic heterocycles. The Morgan fingerprint density at radius 2 is 2.05 bits per heavy atom. The molecule has 3 rings (SSSR count). The van der Waals surface area contributed by atoms with Crippen LogP contribution in [0.3, 0.4) is 0 Å². The van der Waals surface area contributed by atoms with Gasteiger partial charge in [-0.1, -0.05) is 28.1 Å². The molecule has 0 unspecified atom stereocenters. The molecule has 19 heavy (non-hydrogen) atoms. The number of hydrogen-bond acceptors (Lipinski definition) is 1. The molecule has 2 aromatic rings. The Morgan fingerprint density at radius 1 is 1.26 bits per heavy atom. The Hall–Kier alpha value is -1.55. The van der Waals surface area contributed by atoms with Gasteiger partial charge in [0.25, 0.3) is 0 Å². The lowest BCUT2D eigenvalue weighted by atomic mass is 10.1. The number of nitrogens with zero attached hydrogens (tertiary/aromatic N) is 1. The second kappa shape index (κ2) is 5.21. The minimum atomic E-state index is 0.203. The lowest BCUT2D eigenvalue weighted by Crippen LogP contribution is -2.36. The first-order chi connectivity index (χ1) is 9.22. The largest absolute Gasteiger partial charge is 0.365 e. The lowest BCUT2D eigenvalue weighted by molar-refractivity contribution is -0.131. The molecule has 2 heterocycles. The van der Waals surface area contributed by atoms with Crippen LogP contribution in [-0.4, -0.2) is 22.3 Å². The lowest BCUT2D eigenvalue weighted by Gasteiger charge is -2.27. The first kappa shape index (κ1) is 12.5. The van der Waals surface area contributed by atoms with Gasteiger partial charge in [0.05, 0.1) is 6.42 Å². The summed E-state index contributed by atoms with van der Waals surface area (Å²) in [6, 6.07) is 10.0. The van der Waals surface area contributed by atoms with Crippen LogP contribution in [0.4, 0.5) is 0 Å². The van der Waals surface area contributed by atoms with Gasteiger partial charge in [-0.05, 0) is 29.3 Å². The van der Waals surface area contributed by atoms with E-state index in [2.05, 4.69) is 27.0 Å². The summed E-state index contributed by atoms with van der Waals surface area (Å²) in [5, 5.41) is 0. The summed E-state index contributed by atoms with van der Waals surface area (Å²) in [5.74, 6) is 0.203. The van der Waals surface area contributed by atoms with Crippen LogP contribution >= 0.6 is 15.9 Å². The third-order valence-electron chi connectivity index (χ3n) is 3.54. The van der Waals surface area contributed by atoms with Crippen molar-refractivity contribution in [2.24, 2.45) is 0 Å². The zero-order valence-electron chi connectivity index (χ0n) is 10.5. The minimum absolute atomic E-state index is 0.203. The smallest absolute Gasteiger partial charge is 0.227 e. The Bertz CT molecular complexity index is 588. The van der Waals surface area contributed by atoms with Crippen molar-refractivity contribution in [3.63, 3.8) is 0 Å². The van der Waals surface area contributed by atoms with Crippen molar-refractivity contribution in [3.8, 4) is 0 Å². The number of rotatable bonds is 2. The number of H-pyrrole nitrogens is 1. The molecule has 0 saturated carbocycles. The predicted octanol–water partition coefficient (Wildman–Crippen LogP) is 2.90. The van der Waals surface area contributed by atoms with Crippen molar-refractivity contribution in [1.82, 2.24) is 9.88 Å². The highest BCUT2D eigenvalue weighted by Crippen LogP contribution is 2.18. The van der Waals surface area contributed by atoms with Crippen LogP contribution in [0.25, 0.3) is 0 Å². The van der Waals surface area contributed by atoms with E-state index in [-0.39, 0.29) is 5.91 Å². The molecule has 1 aliphatic heterocycles. The summed E-state index contributed by atoms with van der Waals surface area (Å²) in [5.41, 5.74) is 3.58. The summed E-state index contributed by atoms with van der Waals surface area (Å²) in [6.07, 6.45) is 3.36. The molecule has 1 aliphatic rings. The van der Waals surface area contributed by atoms with Crippen molar-refractivity contribution >= 4 is 21.8 Å². The second-order valence-electron chi connectivity index (χ2n) is 4.85. The minimum Gasteiger partial charge on any atom is -0.365 e. The molecule has 0 aliphatic carbocycles. The highest BCUT2D eigenvalue weighted by atomic mass is 79.9. The number of amides is 1. The van der Waals surface area contributed by atoms with Gasteiger partial charge >= 0.3 is 0 Å². The first-order valence-corrected chi connectivity index (χ1v) is 7.19. The molecular formula is C15H15BrN2O. The molecule has 1 N–H and O–H groups in total. The van der Waals surface area contributed by atoms with E-state index in [1.54, 1.807) is 0 Å². The standard InChI is InChI=1S/C15H15BrN2O/c16-13-3-1-11(2-4-13)9-15(19)18-8-6-14-12(10-18)5-7-17-14/h1-5,7,17H,6,8-10H2. The number of nitrogens with one attached hydrogen (secondary N) is 1. The van der Waals surface area contributed by atoms with Gasteiger partial charge in [0.2, 0.25) is 5.91 Å². The molecule has 0 fully saturated rings. The fourth-order valence-corrected chi connectivity index (χ4v) is 2.71. The van der Waals surface area contributed by atoms with Crippen molar-refractivity contribution in [2.45, 2.75) is 19.4 Å². The SMILES string of the molecule is O=C(Cc1ccc(Br)cc1)N1CCc2[nH]ccc2C1. The Kier molecular flexibility index (Phi) is 3.42. The average molecular weight is 319 g/mol. The van der Waals surface area contributed by atoms with E-state index in [1.165, 1.54) is 11.3 Å². The van der Waals surface area contributed by atoms with Crippen LogP contribution in [0.1, 0.15) is 16.8 Å². The molecule has 0 spiro atoms. The number of carbonyl (C=O) groups is 1. The van der Waals surface area contributed by atoms with Gasteiger partial charge in [-0.3, -0.25) is 4.79 Å². The number of halogens is 1. The van der Waals surface area contributed by atoms with E-state index < -0.39 is 0 Å². The maximum absolute atomic E-state index is 12.3. The Labute approximate surface area is 120 Å². The zero-order valence-corrected chi connectivity index (χ0v) is 12.1. The average Bonchev–Trinajstić information content (AvgIpc) is 2.88. The number of aromatic amines is 1. The molecule has 98 valence electrons. The van der Waals surface area contributed by atoms with Crippen molar-refractivity contribution in [1.29, 1.82) is 0 Å². The molecule has 1 amide bonds. The summed E-state index contributed by atoms with van der Waals surface area (Å²) >= 11 is 3.40. The van der Waals surface area contributed by atoms with E-state index in [1.807, 2.05) is 35.4 Å². The molecule has 3 nitrogen and oxygen atoms in total. The van der Waals surface area contributed by atoms with Crippen molar-refractivity contribution in [3.05, 3.63) is 57.8 Å². The van der Waals surface area contributed by atoms with Gasteiger partial charge in [0.15, 0.2) is 0 Å². The Balaban J connectivity index is 1.67. The third kappa shape index (κ3) is 2.73. The van der Waals surface area contributed by atoms with Crippen LogP contribution < -0.4 is 0 Å². The summed E-state index contributed by atoms with van der Waals surface area (Å²) < 4.78 is 1.04. The highest BCUT2D eigenvalue weighted by Gasteiger charge is 2.21. The molecule has 1 aromatic carbocycles. The molecule has 0 bridgehead atoms. The van der Waals surface area contributed by atoms with Crippen LogP contribution in [0.15, 0.2) is 41.0 Å². The van der Waals surface area contributed by atoms with E-state index in [4.69, 9.17) is 0 Å². The maximum Gasteiger partial charge on any atom is 0.227 e. The van der Waals surface area contributed by atoms with E-state index >= 15 is 0 Å². The number of hydrogen-bond donors (Lipinski definition) is 1. The van der Waals surface area contributed by atoms with E-state index in [0.29, 0.717) is 6.42 Å². The molecule has 0 saturated heterocycles. The van der Waals surface area contributed by atoms with Crippen molar-refractivity contribution in [2.75, 3.05) is 6.54 Å². The van der Waals surface area contributed by atoms with Gasteiger partial charge in [-0.15, -0.1) is 0 Å². The summed E-state index contributed by atoms with van der Waals surface area (Å²) in [7, 11) is 0. The van der Waals surface area contributed by atoms with Crippen LogP contribution in [0.2, 0.25) is 0 Å². The molecule has 0 atom stereocenters. The van der Waals surface area contributed by atoms with Gasteiger partial charge in [0.1, 0.15) is 0 Å². The van der Waals surface area contributed by atoms with Crippen molar-refractivity contribution < 1.29 is 4.79 Å². The topological polar surface area (TPSA) is 36.1 Å². The number of fused-ring (bicyclic) bond motifs is 1. The Morgan fingerprint density at radius 3 is 2.84 bits per heavy atom. The molecule has 4 heteroatoms. The first-order valence-electron chi connectivity index (χ1n) is 6.40. The fourth-order valence-electron chi connectivity index (χ4n) is 2.45. The number of benzene rings is 1. The number of aromatic nitrogens is 1. The zero-order chi connectivity index (χ0) is 13.2. The van der Waals surface area contributed by atoms with Gasteiger partial charge < -0.3 is 9.88 Å². The normalized spacial score (nSPS) is 14.3. The molecule has 0 radical (unpaired) electrons. The van der Waals surface area contributed by atoms with Gasteiger partial charge in [-0.2, -0.15) is 0 Å². The van der Waals surface area contributed by atoms with E-state index in [9.17, 15) is 4.79 Å². The quantitative estimate of drug-likeness (QED) is 0.908. The predicted molar refractivity (Wildman–Crippen MR) is 77.8 cm³/mol. The van der Waals surface area contributed by atoms with Crippen LogP contribution in [0.5, 0.6) is 0 Å². The fraction of sp³-hybridized carbons (Fsp3) is 0.267. The van der Waals surface area contributed by atoms with Gasteiger partial charge in [-0.25, -0.2) is 0 Å². The highest BCUT2D eigenvalue weighted by molar-refractivity contribution is 9.10.